The Hall–Kier alpha value is -3.11. The van der Waals surface area contributed by atoms with Crippen molar-refractivity contribution in [2.24, 2.45) is 5.92 Å². The van der Waals surface area contributed by atoms with Gasteiger partial charge in [-0.1, -0.05) is 55.3 Å². The Kier molecular flexibility index (Phi) is 5.39. The van der Waals surface area contributed by atoms with E-state index in [4.69, 9.17) is 4.98 Å². The molecule has 168 valence electrons. The average Bonchev–Trinajstić information content (AvgIpc) is 3.47. The first-order chi connectivity index (χ1) is 16.3. The zero-order valence-electron chi connectivity index (χ0n) is 19.4. The highest BCUT2D eigenvalue weighted by molar-refractivity contribution is 6.06. The van der Waals surface area contributed by atoms with E-state index in [9.17, 15) is 0 Å². The van der Waals surface area contributed by atoms with Gasteiger partial charge in [-0.3, -0.25) is 0 Å². The number of imidazole rings is 1. The molecule has 33 heavy (non-hydrogen) atoms. The number of nitrogens with zero attached hydrogens (tertiary/aromatic N) is 3. The van der Waals surface area contributed by atoms with Crippen LogP contribution in [0.15, 0.2) is 66.9 Å². The summed E-state index contributed by atoms with van der Waals surface area (Å²) >= 11 is 0. The number of fused-ring (bicyclic) bond motifs is 4. The van der Waals surface area contributed by atoms with E-state index >= 15 is 0 Å². The summed E-state index contributed by atoms with van der Waals surface area (Å²) in [5.41, 5.74) is 4.62. The second-order valence-electron chi connectivity index (χ2n) is 9.76. The summed E-state index contributed by atoms with van der Waals surface area (Å²) in [5, 5.41) is 3.74. The second-order valence-corrected chi connectivity index (χ2v) is 9.76. The largest absolute Gasteiger partial charge is 0.347 e. The van der Waals surface area contributed by atoms with E-state index in [1.165, 1.54) is 72.4 Å². The van der Waals surface area contributed by atoms with E-state index in [0.29, 0.717) is 0 Å². The quantitative estimate of drug-likeness (QED) is 0.296. The van der Waals surface area contributed by atoms with E-state index in [0.717, 1.165) is 29.3 Å². The lowest BCUT2D eigenvalue weighted by Crippen LogP contribution is -2.30. The van der Waals surface area contributed by atoms with Crippen LogP contribution >= 0.6 is 0 Å². The minimum absolute atomic E-state index is 0.929. The molecule has 1 saturated heterocycles. The molecule has 0 radical (unpaired) electrons. The zero-order valence-corrected chi connectivity index (χ0v) is 19.4. The van der Waals surface area contributed by atoms with Crippen LogP contribution in [0.1, 0.15) is 32.1 Å². The predicted molar refractivity (Wildman–Crippen MR) is 139 cm³/mol. The molecular formula is C29H32N4. The topological polar surface area (TPSA) is 36.9 Å². The number of piperidine rings is 1. The molecule has 3 aromatic carbocycles. The van der Waals surface area contributed by atoms with Crippen molar-refractivity contribution >= 4 is 32.7 Å². The maximum Gasteiger partial charge on any atom is 0.139 e. The van der Waals surface area contributed by atoms with E-state index in [2.05, 4.69) is 88.4 Å². The van der Waals surface area contributed by atoms with Crippen molar-refractivity contribution < 1.29 is 0 Å². The van der Waals surface area contributed by atoms with Gasteiger partial charge in [0.1, 0.15) is 5.82 Å². The van der Waals surface area contributed by atoms with Crippen molar-refractivity contribution in [1.82, 2.24) is 19.4 Å². The number of H-pyrrole nitrogens is 1. The fourth-order valence-corrected chi connectivity index (χ4v) is 5.57. The number of aromatic amines is 1. The van der Waals surface area contributed by atoms with Crippen LogP contribution in [0.25, 0.3) is 44.1 Å². The lowest BCUT2D eigenvalue weighted by Gasteiger charge is -2.28. The summed E-state index contributed by atoms with van der Waals surface area (Å²) in [4.78, 5) is 11.0. The molecule has 5 aromatic rings. The maximum absolute atomic E-state index is 4.96. The number of hydrogen-bond acceptors (Lipinski definition) is 2. The van der Waals surface area contributed by atoms with Crippen molar-refractivity contribution in [3.8, 4) is 11.4 Å². The molecule has 1 aliphatic rings. The van der Waals surface area contributed by atoms with Crippen molar-refractivity contribution in [1.29, 1.82) is 0 Å². The maximum atomic E-state index is 4.96. The Labute approximate surface area is 195 Å². The third-order valence-electron chi connectivity index (χ3n) is 7.55. The summed E-state index contributed by atoms with van der Waals surface area (Å²) in [5.74, 6) is 1.88. The fourth-order valence-electron chi connectivity index (χ4n) is 5.57. The van der Waals surface area contributed by atoms with Gasteiger partial charge in [-0.15, -0.1) is 0 Å². The number of unbranched alkanes of at least 4 members (excludes halogenated alkanes) is 1. The first-order valence-corrected chi connectivity index (χ1v) is 12.4. The highest BCUT2D eigenvalue weighted by Gasteiger charge is 2.16. The van der Waals surface area contributed by atoms with Crippen LogP contribution < -0.4 is 0 Å². The van der Waals surface area contributed by atoms with Crippen LogP contribution in [-0.2, 0) is 6.54 Å². The molecule has 1 aliphatic heterocycles. The van der Waals surface area contributed by atoms with Crippen LogP contribution in [0.3, 0.4) is 0 Å². The number of aryl methyl sites for hydroxylation is 1. The SMILES string of the molecule is CN1CCC(CCCCn2ccc3c(-c4nc5ccc6ccccc6c5[nH]4)cccc32)CC1. The van der Waals surface area contributed by atoms with E-state index in [1.54, 1.807) is 0 Å². The van der Waals surface area contributed by atoms with E-state index in [1.807, 2.05) is 0 Å². The standard InChI is InChI=1S/C29H32N4/c1-32-18-14-21(15-19-32)7-4-5-17-33-20-16-24-25(10-6-11-27(24)33)29-30-26-13-12-22-8-2-3-9-23(22)28(26)31-29/h2-3,6,8-13,16,20-21H,4-5,7,14-15,17-19H2,1H3,(H,30,31). The summed E-state index contributed by atoms with van der Waals surface area (Å²) in [6, 6.07) is 21.6. The molecule has 6 rings (SSSR count). The first kappa shape index (κ1) is 20.5. The minimum Gasteiger partial charge on any atom is -0.347 e. The third kappa shape index (κ3) is 3.93. The fraction of sp³-hybridized carbons (Fsp3) is 0.345. The van der Waals surface area contributed by atoms with E-state index < -0.39 is 0 Å². The van der Waals surface area contributed by atoms with Gasteiger partial charge >= 0.3 is 0 Å². The van der Waals surface area contributed by atoms with Gasteiger partial charge in [-0.2, -0.15) is 0 Å². The van der Waals surface area contributed by atoms with Crippen molar-refractivity contribution in [3.05, 3.63) is 66.9 Å². The Morgan fingerprint density at radius 2 is 1.79 bits per heavy atom. The summed E-state index contributed by atoms with van der Waals surface area (Å²) < 4.78 is 2.42. The van der Waals surface area contributed by atoms with Crippen LogP contribution in [0, 0.1) is 5.92 Å². The lowest BCUT2D eigenvalue weighted by atomic mass is 9.92. The molecule has 4 nitrogen and oxygen atoms in total. The Balaban J connectivity index is 1.22. The normalized spacial score (nSPS) is 15.8. The van der Waals surface area contributed by atoms with Crippen LogP contribution in [0.5, 0.6) is 0 Å². The molecule has 0 bridgehead atoms. The van der Waals surface area contributed by atoms with Crippen LogP contribution in [0.2, 0.25) is 0 Å². The van der Waals surface area contributed by atoms with Gasteiger partial charge in [0.05, 0.1) is 11.0 Å². The average molecular weight is 437 g/mol. The van der Waals surface area contributed by atoms with Crippen molar-refractivity contribution in [3.63, 3.8) is 0 Å². The minimum atomic E-state index is 0.929. The number of aromatic nitrogens is 3. The van der Waals surface area contributed by atoms with Gasteiger partial charge in [0.15, 0.2) is 0 Å². The molecule has 0 saturated carbocycles. The Bertz CT molecular complexity index is 1400. The highest BCUT2D eigenvalue weighted by Crippen LogP contribution is 2.32. The second kappa shape index (κ2) is 8.68. The Morgan fingerprint density at radius 1 is 0.909 bits per heavy atom. The molecule has 0 atom stereocenters. The number of likely N-dealkylation sites (tertiary alicyclic amines) is 1. The molecule has 1 N–H and O–H groups in total. The smallest absolute Gasteiger partial charge is 0.139 e. The van der Waals surface area contributed by atoms with Gasteiger partial charge in [0.25, 0.3) is 0 Å². The predicted octanol–water partition coefficient (Wildman–Crippen LogP) is 6.85. The molecule has 4 heteroatoms. The van der Waals surface area contributed by atoms with E-state index in [-0.39, 0.29) is 0 Å². The number of rotatable bonds is 6. The number of benzene rings is 3. The van der Waals surface area contributed by atoms with Crippen molar-refractivity contribution in [2.45, 2.75) is 38.6 Å². The summed E-state index contributed by atoms with van der Waals surface area (Å²) in [7, 11) is 2.25. The van der Waals surface area contributed by atoms with Gasteiger partial charge in [0.2, 0.25) is 0 Å². The number of hydrogen-bond donors (Lipinski definition) is 1. The van der Waals surface area contributed by atoms with Crippen LogP contribution in [0.4, 0.5) is 0 Å². The molecule has 2 aromatic heterocycles. The zero-order chi connectivity index (χ0) is 22.2. The van der Waals surface area contributed by atoms with Gasteiger partial charge < -0.3 is 14.5 Å². The summed E-state index contributed by atoms with van der Waals surface area (Å²) in [6.45, 7) is 3.63. The van der Waals surface area contributed by atoms with Crippen LogP contribution in [-0.4, -0.2) is 39.6 Å². The summed E-state index contributed by atoms with van der Waals surface area (Å²) in [6.07, 6.45) is 8.95. The van der Waals surface area contributed by atoms with Gasteiger partial charge in [-0.25, -0.2) is 4.98 Å². The molecule has 3 heterocycles. The monoisotopic (exact) mass is 436 g/mol. The number of nitrogens with one attached hydrogen (secondary N) is 1. The third-order valence-corrected chi connectivity index (χ3v) is 7.55. The lowest BCUT2D eigenvalue weighted by molar-refractivity contribution is 0.209. The Morgan fingerprint density at radius 3 is 2.70 bits per heavy atom. The molecule has 0 aliphatic carbocycles. The molecule has 0 unspecified atom stereocenters. The first-order valence-electron chi connectivity index (χ1n) is 12.4. The molecule has 1 fully saturated rings. The highest BCUT2D eigenvalue weighted by atomic mass is 15.1. The van der Waals surface area contributed by atoms with Gasteiger partial charge in [0, 0.05) is 34.6 Å². The molecule has 0 spiro atoms. The van der Waals surface area contributed by atoms with Crippen molar-refractivity contribution in [2.75, 3.05) is 20.1 Å². The molecule has 0 amide bonds. The van der Waals surface area contributed by atoms with Gasteiger partial charge in [-0.05, 0) is 68.9 Å². The molecular weight excluding hydrogens is 404 g/mol.